The van der Waals surface area contributed by atoms with E-state index >= 15 is 0 Å². The van der Waals surface area contributed by atoms with Crippen molar-refractivity contribution in [2.24, 2.45) is 0 Å². The maximum absolute atomic E-state index is 10.8. The fraction of sp³-hybridized carbons (Fsp3) is 0.375. The second-order valence-electron chi connectivity index (χ2n) is 6.43. The number of nitrogens with zero attached hydrogens (tertiary/aromatic N) is 2. The molecule has 0 radical (unpaired) electrons. The molecule has 21 heavy (non-hydrogen) atoms. The van der Waals surface area contributed by atoms with Crippen LogP contribution in [-0.2, 0) is 12.0 Å². The van der Waals surface area contributed by atoms with E-state index in [0.717, 1.165) is 25.8 Å². The molecule has 3 fully saturated rings. The molecule has 0 atom stereocenters. The number of hydrogen-bond donors (Lipinski definition) is 2. The van der Waals surface area contributed by atoms with Crippen molar-refractivity contribution in [3.63, 3.8) is 0 Å². The molecule has 3 saturated carbocycles. The van der Waals surface area contributed by atoms with E-state index in [-0.39, 0.29) is 11.0 Å². The van der Waals surface area contributed by atoms with Crippen LogP contribution < -0.4 is 5.32 Å². The molecule has 3 aliphatic rings. The van der Waals surface area contributed by atoms with Crippen LogP contribution in [0.1, 0.15) is 30.4 Å². The Morgan fingerprint density at radius 2 is 2.00 bits per heavy atom. The smallest absolute Gasteiger partial charge is 0.405 e. The molecule has 5 nitrogen and oxygen atoms in total. The molecular weight excluding hydrogens is 266 g/mol. The summed E-state index contributed by atoms with van der Waals surface area (Å²) in [5.41, 5.74) is 2.48. The summed E-state index contributed by atoms with van der Waals surface area (Å²) < 4.78 is 1.96. The molecule has 1 amide bonds. The highest BCUT2D eigenvalue weighted by Crippen LogP contribution is 2.67. The number of carboxylic acid groups (broad SMARTS) is 1. The predicted octanol–water partition coefficient (Wildman–Crippen LogP) is 2.37. The maximum atomic E-state index is 10.8. The zero-order chi connectivity index (χ0) is 14.5. The van der Waals surface area contributed by atoms with Crippen molar-refractivity contribution < 1.29 is 9.90 Å². The van der Waals surface area contributed by atoms with Crippen molar-refractivity contribution >= 4 is 6.09 Å². The molecule has 0 saturated heterocycles. The minimum absolute atomic E-state index is 0.159. The minimum atomic E-state index is -0.914. The SMILES string of the molecule is O=C(O)NC12CC(c3cnn(Cc4ccccc4)c3)(C1)C2. The number of nitrogens with one attached hydrogen (secondary N) is 1. The molecular formula is C16H17N3O2. The van der Waals surface area contributed by atoms with Gasteiger partial charge < -0.3 is 10.4 Å². The summed E-state index contributed by atoms with van der Waals surface area (Å²) in [4.78, 5) is 10.8. The van der Waals surface area contributed by atoms with Crippen LogP contribution in [0.25, 0.3) is 0 Å². The van der Waals surface area contributed by atoms with Crippen LogP contribution in [0, 0.1) is 0 Å². The first-order valence-electron chi connectivity index (χ1n) is 7.17. The van der Waals surface area contributed by atoms with Gasteiger partial charge in [0.15, 0.2) is 0 Å². The monoisotopic (exact) mass is 283 g/mol. The summed E-state index contributed by atoms with van der Waals surface area (Å²) >= 11 is 0. The quantitative estimate of drug-likeness (QED) is 0.905. The van der Waals surface area contributed by atoms with Gasteiger partial charge in [-0.3, -0.25) is 4.68 Å². The van der Waals surface area contributed by atoms with Crippen LogP contribution in [0.2, 0.25) is 0 Å². The first-order valence-corrected chi connectivity index (χ1v) is 7.17. The molecule has 1 aromatic carbocycles. The first kappa shape index (κ1) is 12.4. The molecule has 5 rings (SSSR count). The van der Waals surface area contributed by atoms with Crippen LogP contribution in [0.4, 0.5) is 4.79 Å². The van der Waals surface area contributed by atoms with Gasteiger partial charge in [-0.05, 0) is 30.4 Å². The van der Waals surface area contributed by atoms with Crippen molar-refractivity contribution in [3.05, 3.63) is 53.9 Å². The number of hydrogen-bond acceptors (Lipinski definition) is 2. The van der Waals surface area contributed by atoms with Gasteiger partial charge in [0.1, 0.15) is 0 Å². The molecule has 5 heteroatoms. The van der Waals surface area contributed by atoms with E-state index in [9.17, 15) is 4.79 Å². The average Bonchev–Trinajstić information content (AvgIpc) is 2.81. The van der Waals surface area contributed by atoms with Crippen molar-refractivity contribution in [2.75, 3.05) is 0 Å². The zero-order valence-corrected chi connectivity index (χ0v) is 11.6. The van der Waals surface area contributed by atoms with Gasteiger partial charge in [0.05, 0.1) is 12.7 Å². The Bertz CT molecular complexity index is 673. The number of aromatic nitrogens is 2. The Hall–Kier alpha value is -2.30. The summed E-state index contributed by atoms with van der Waals surface area (Å²) in [6, 6.07) is 10.3. The van der Waals surface area contributed by atoms with Gasteiger partial charge >= 0.3 is 6.09 Å². The average molecular weight is 283 g/mol. The van der Waals surface area contributed by atoms with Crippen LogP contribution in [0.5, 0.6) is 0 Å². The molecule has 2 aromatic rings. The van der Waals surface area contributed by atoms with E-state index in [1.165, 1.54) is 11.1 Å². The lowest BCUT2D eigenvalue weighted by atomic mass is 9.38. The van der Waals surface area contributed by atoms with Crippen molar-refractivity contribution in [2.45, 2.75) is 36.8 Å². The predicted molar refractivity (Wildman–Crippen MR) is 77.2 cm³/mol. The molecule has 1 heterocycles. The fourth-order valence-electron chi connectivity index (χ4n) is 3.95. The van der Waals surface area contributed by atoms with Gasteiger partial charge in [-0.15, -0.1) is 0 Å². The van der Waals surface area contributed by atoms with Crippen molar-refractivity contribution in [3.8, 4) is 0 Å². The second kappa shape index (κ2) is 4.10. The Labute approximate surface area is 122 Å². The van der Waals surface area contributed by atoms with E-state index in [1.807, 2.05) is 29.1 Å². The van der Waals surface area contributed by atoms with Crippen molar-refractivity contribution in [1.29, 1.82) is 0 Å². The Kier molecular flexibility index (Phi) is 2.43. The molecule has 108 valence electrons. The van der Waals surface area contributed by atoms with Crippen LogP contribution in [0.15, 0.2) is 42.7 Å². The summed E-state index contributed by atoms with van der Waals surface area (Å²) in [6.45, 7) is 0.773. The van der Waals surface area contributed by atoms with Gasteiger partial charge in [-0.25, -0.2) is 4.79 Å². The van der Waals surface area contributed by atoms with Crippen LogP contribution >= 0.6 is 0 Å². The summed E-state index contributed by atoms with van der Waals surface area (Å²) in [5, 5.41) is 15.9. The Morgan fingerprint density at radius 1 is 1.29 bits per heavy atom. The normalized spacial score (nSPS) is 29.3. The molecule has 0 aliphatic heterocycles. The number of rotatable bonds is 4. The standard InChI is InChI=1S/C16H17N3O2/c20-14(21)18-16-9-15(10-16,11-16)13-6-17-19(8-13)7-12-4-2-1-3-5-12/h1-6,8,18H,7,9-11H2,(H,20,21). The lowest BCUT2D eigenvalue weighted by Gasteiger charge is -2.70. The first-order chi connectivity index (χ1) is 10.1. The summed E-state index contributed by atoms with van der Waals surface area (Å²) in [5.74, 6) is 0. The number of amides is 1. The minimum Gasteiger partial charge on any atom is -0.465 e. The van der Waals surface area contributed by atoms with Crippen LogP contribution in [-0.4, -0.2) is 26.5 Å². The molecule has 0 spiro atoms. The van der Waals surface area contributed by atoms with E-state index in [1.54, 1.807) is 0 Å². The Balaban J connectivity index is 1.44. The van der Waals surface area contributed by atoms with Gasteiger partial charge in [-0.2, -0.15) is 5.10 Å². The molecule has 2 N–H and O–H groups in total. The highest BCUT2D eigenvalue weighted by molar-refractivity contribution is 5.67. The highest BCUT2D eigenvalue weighted by atomic mass is 16.4. The number of carbonyl (C=O) groups is 1. The molecule has 2 bridgehead atoms. The lowest BCUT2D eigenvalue weighted by molar-refractivity contribution is -0.0822. The number of benzene rings is 1. The third-order valence-electron chi connectivity index (χ3n) is 4.84. The third-order valence-corrected chi connectivity index (χ3v) is 4.84. The van der Waals surface area contributed by atoms with E-state index < -0.39 is 6.09 Å². The lowest BCUT2D eigenvalue weighted by Crippen LogP contribution is -2.76. The molecule has 3 aliphatic carbocycles. The molecule has 0 unspecified atom stereocenters. The zero-order valence-electron chi connectivity index (χ0n) is 11.6. The second-order valence-corrected chi connectivity index (χ2v) is 6.43. The summed E-state index contributed by atoms with van der Waals surface area (Å²) in [6.07, 6.45) is 5.85. The van der Waals surface area contributed by atoms with Crippen LogP contribution in [0.3, 0.4) is 0 Å². The van der Waals surface area contributed by atoms with Gasteiger partial charge in [0, 0.05) is 17.2 Å². The van der Waals surface area contributed by atoms with E-state index in [4.69, 9.17) is 5.11 Å². The van der Waals surface area contributed by atoms with E-state index in [0.29, 0.717) is 0 Å². The highest BCUT2D eigenvalue weighted by Gasteiger charge is 2.69. The van der Waals surface area contributed by atoms with Gasteiger partial charge in [-0.1, -0.05) is 30.3 Å². The summed E-state index contributed by atoms with van der Waals surface area (Å²) in [7, 11) is 0. The molecule has 1 aromatic heterocycles. The maximum Gasteiger partial charge on any atom is 0.405 e. The third kappa shape index (κ3) is 1.92. The van der Waals surface area contributed by atoms with E-state index in [2.05, 4.69) is 28.7 Å². The Morgan fingerprint density at radius 3 is 2.67 bits per heavy atom. The fourth-order valence-corrected chi connectivity index (χ4v) is 3.95. The topological polar surface area (TPSA) is 67.2 Å². The van der Waals surface area contributed by atoms with Crippen molar-refractivity contribution in [1.82, 2.24) is 15.1 Å². The largest absolute Gasteiger partial charge is 0.465 e. The van der Waals surface area contributed by atoms with Gasteiger partial charge in [0.25, 0.3) is 0 Å². The van der Waals surface area contributed by atoms with Gasteiger partial charge in [0.2, 0.25) is 0 Å².